The summed E-state index contributed by atoms with van der Waals surface area (Å²) in [6.45, 7) is 4.42. The molecule has 0 spiro atoms. The Hall–Kier alpha value is -3.49. The first-order valence-corrected chi connectivity index (χ1v) is 12.7. The van der Waals surface area contributed by atoms with Crippen molar-refractivity contribution in [2.24, 2.45) is 0 Å². The average Bonchev–Trinajstić information content (AvgIpc) is 3.21. The molecule has 0 saturated carbocycles. The Morgan fingerprint density at radius 3 is 2.29 bits per heavy atom. The van der Waals surface area contributed by atoms with Gasteiger partial charge in [-0.15, -0.1) is 0 Å². The van der Waals surface area contributed by atoms with E-state index in [1.807, 2.05) is 50.2 Å². The van der Waals surface area contributed by atoms with Gasteiger partial charge >= 0.3 is 0 Å². The maximum atomic E-state index is 13.1. The van der Waals surface area contributed by atoms with E-state index in [-0.39, 0.29) is 17.2 Å². The van der Waals surface area contributed by atoms with E-state index in [1.54, 1.807) is 10.6 Å². The fraction of sp³-hybridized carbons (Fsp3) is 0.192. The average molecular weight is 513 g/mol. The largest absolute Gasteiger partial charge is 0.497 e. The van der Waals surface area contributed by atoms with Crippen molar-refractivity contribution < 1.29 is 22.7 Å². The number of carbonyl (C=O) groups is 1. The first-order chi connectivity index (χ1) is 16.7. The van der Waals surface area contributed by atoms with Crippen LogP contribution in [-0.2, 0) is 16.6 Å². The van der Waals surface area contributed by atoms with E-state index >= 15 is 0 Å². The Labute approximate surface area is 209 Å². The van der Waals surface area contributed by atoms with Crippen molar-refractivity contribution in [3.05, 3.63) is 88.6 Å². The van der Waals surface area contributed by atoms with E-state index in [0.717, 1.165) is 22.0 Å². The summed E-state index contributed by atoms with van der Waals surface area (Å²) in [4.78, 5) is 13.1. The number of hydrogen-bond donors (Lipinski definition) is 1. The Bertz CT molecular complexity index is 1470. The van der Waals surface area contributed by atoms with Crippen molar-refractivity contribution in [1.29, 1.82) is 0 Å². The van der Waals surface area contributed by atoms with Crippen molar-refractivity contribution in [2.45, 2.75) is 25.3 Å². The number of fused-ring (bicyclic) bond motifs is 1. The minimum absolute atomic E-state index is 0.0360. The van der Waals surface area contributed by atoms with Crippen molar-refractivity contribution >= 4 is 38.4 Å². The van der Waals surface area contributed by atoms with Crippen LogP contribution in [0.25, 0.3) is 10.9 Å². The molecule has 1 heterocycles. The summed E-state index contributed by atoms with van der Waals surface area (Å²) in [6.07, 6.45) is 0. The van der Waals surface area contributed by atoms with Gasteiger partial charge in [0.05, 0.1) is 18.6 Å². The van der Waals surface area contributed by atoms with Gasteiger partial charge in [-0.2, -0.15) is 0 Å². The van der Waals surface area contributed by atoms with Crippen LogP contribution in [0, 0.1) is 13.8 Å². The quantitative estimate of drug-likeness (QED) is 0.354. The second kappa shape index (κ2) is 10.0. The van der Waals surface area contributed by atoms with Crippen LogP contribution < -0.4 is 14.2 Å². The number of aryl methyl sites for hydroxylation is 2. The van der Waals surface area contributed by atoms with Crippen LogP contribution in [0.3, 0.4) is 0 Å². The van der Waals surface area contributed by atoms with Gasteiger partial charge in [-0.05, 0) is 73.5 Å². The van der Waals surface area contributed by atoms with Gasteiger partial charge in [0.25, 0.3) is 15.9 Å². The van der Waals surface area contributed by atoms with E-state index < -0.39 is 15.9 Å². The molecule has 0 radical (unpaired) electrons. The predicted octanol–water partition coefficient (Wildman–Crippen LogP) is 5.12. The molecule has 4 rings (SSSR count). The number of halogens is 1. The van der Waals surface area contributed by atoms with Gasteiger partial charge in [0.1, 0.15) is 23.8 Å². The van der Waals surface area contributed by atoms with Crippen LogP contribution >= 0.6 is 11.6 Å². The smallest absolute Gasteiger partial charge is 0.281 e. The zero-order chi connectivity index (χ0) is 25.2. The van der Waals surface area contributed by atoms with Crippen molar-refractivity contribution in [3.8, 4) is 11.5 Å². The molecule has 35 heavy (non-hydrogen) atoms. The maximum absolute atomic E-state index is 13.1. The molecule has 9 heteroatoms. The van der Waals surface area contributed by atoms with Gasteiger partial charge < -0.3 is 14.0 Å². The lowest BCUT2D eigenvalue weighted by atomic mass is 10.1. The van der Waals surface area contributed by atoms with E-state index in [0.29, 0.717) is 23.1 Å². The molecule has 1 aromatic heterocycles. The fourth-order valence-corrected chi connectivity index (χ4v) is 4.94. The molecule has 4 aromatic rings. The van der Waals surface area contributed by atoms with Crippen LogP contribution in [0.4, 0.5) is 0 Å². The van der Waals surface area contributed by atoms with Crippen molar-refractivity contribution in [2.75, 3.05) is 13.7 Å². The number of para-hydroxylation sites is 1. The highest BCUT2D eigenvalue weighted by atomic mass is 35.5. The zero-order valence-corrected chi connectivity index (χ0v) is 21.1. The highest BCUT2D eigenvalue weighted by molar-refractivity contribution is 7.90. The van der Waals surface area contributed by atoms with Gasteiger partial charge in [0.2, 0.25) is 0 Å². The number of benzene rings is 3. The third kappa shape index (κ3) is 5.28. The molecule has 182 valence electrons. The molecule has 0 aliphatic carbocycles. The molecule has 1 amide bonds. The van der Waals surface area contributed by atoms with Crippen LogP contribution in [0.15, 0.2) is 71.6 Å². The highest BCUT2D eigenvalue weighted by Gasteiger charge is 2.22. The number of sulfonamides is 1. The summed E-state index contributed by atoms with van der Waals surface area (Å²) < 4.78 is 40.6. The van der Waals surface area contributed by atoms with Gasteiger partial charge in [0, 0.05) is 15.9 Å². The SMILES string of the molecule is COc1ccc(S(=O)(=O)NC(=O)c2cc3ccccc3n2CCOc2cc(C)c(Cl)c(C)c2)cc1. The molecule has 0 aliphatic heterocycles. The number of carbonyl (C=O) groups excluding carboxylic acids is 1. The van der Waals surface area contributed by atoms with E-state index in [2.05, 4.69) is 4.72 Å². The molecule has 0 atom stereocenters. The molecule has 0 saturated heterocycles. The van der Waals surface area contributed by atoms with E-state index in [1.165, 1.54) is 31.4 Å². The second-order valence-corrected chi connectivity index (χ2v) is 10.1. The number of amides is 1. The first kappa shape index (κ1) is 24.6. The Balaban J connectivity index is 1.57. The monoisotopic (exact) mass is 512 g/mol. The Morgan fingerprint density at radius 2 is 1.63 bits per heavy atom. The minimum Gasteiger partial charge on any atom is -0.497 e. The standard InChI is InChI=1S/C26H25ClN2O5S/c1-17-14-21(15-18(2)25(17)27)34-13-12-29-23-7-5-4-6-19(23)16-24(29)26(30)28-35(31,32)22-10-8-20(33-3)9-11-22/h4-11,14-16H,12-13H2,1-3H3,(H,28,30). The normalized spacial score (nSPS) is 11.4. The maximum Gasteiger partial charge on any atom is 0.281 e. The zero-order valence-electron chi connectivity index (χ0n) is 19.5. The number of nitrogens with zero attached hydrogens (tertiary/aromatic N) is 1. The number of aromatic nitrogens is 1. The molecule has 0 aliphatic rings. The van der Waals surface area contributed by atoms with Gasteiger partial charge in [-0.25, -0.2) is 13.1 Å². The molecular formula is C26H25ClN2O5S. The molecule has 3 aromatic carbocycles. The van der Waals surface area contributed by atoms with Crippen LogP contribution in [0.5, 0.6) is 11.5 Å². The fourth-order valence-electron chi connectivity index (χ4n) is 3.87. The third-order valence-corrected chi connectivity index (χ3v) is 7.58. The first-order valence-electron chi connectivity index (χ1n) is 10.9. The topological polar surface area (TPSA) is 86.6 Å². The summed E-state index contributed by atoms with van der Waals surface area (Å²) in [6, 6.07) is 18.7. The summed E-state index contributed by atoms with van der Waals surface area (Å²) in [5, 5.41) is 1.52. The molecule has 0 unspecified atom stereocenters. The lowest BCUT2D eigenvalue weighted by Gasteiger charge is -2.14. The summed E-state index contributed by atoms with van der Waals surface area (Å²) >= 11 is 6.24. The van der Waals surface area contributed by atoms with E-state index in [9.17, 15) is 13.2 Å². The molecule has 1 N–H and O–H groups in total. The lowest BCUT2D eigenvalue weighted by Crippen LogP contribution is -2.32. The van der Waals surface area contributed by atoms with Gasteiger partial charge in [-0.1, -0.05) is 29.8 Å². The van der Waals surface area contributed by atoms with Crippen molar-refractivity contribution in [3.63, 3.8) is 0 Å². The Morgan fingerprint density at radius 1 is 0.971 bits per heavy atom. The number of ether oxygens (including phenoxy) is 2. The number of nitrogens with one attached hydrogen (secondary N) is 1. The van der Waals surface area contributed by atoms with Crippen LogP contribution in [0.1, 0.15) is 21.6 Å². The van der Waals surface area contributed by atoms with Crippen molar-refractivity contribution in [1.82, 2.24) is 9.29 Å². The van der Waals surface area contributed by atoms with Gasteiger partial charge in [-0.3, -0.25) is 4.79 Å². The second-order valence-electron chi connectivity index (χ2n) is 8.07. The van der Waals surface area contributed by atoms with Crippen LogP contribution in [-0.4, -0.2) is 32.6 Å². The highest BCUT2D eigenvalue weighted by Crippen LogP contribution is 2.26. The van der Waals surface area contributed by atoms with Gasteiger partial charge in [0.15, 0.2) is 0 Å². The number of methoxy groups -OCH3 is 1. The molecule has 0 fully saturated rings. The van der Waals surface area contributed by atoms with E-state index in [4.69, 9.17) is 21.1 Å². The molecule has 0 bridgehead atoms. The lowest BCUT2D eigenvalue weighted by molar-refractivity contribution is 0.0972. The van der Waals surface area contributed by atoms with Crippen LogP contribution in [0.2, 0.25) is 5.02 Å². The third-order valence-electron chi connectivity index (χ3n) is 5.63. The molecule has 7 nitrogen and oxygen atoms in total. The summed E-state index contributed by atoms with van der Waals surface area (Å²) in [7, 11) is -2.59. The molecular weight excluding hydrogens is 488 g/mol. The minimum atomic E-state index is -4.08. The summed E-state index contributed by atoms with van der Waals surface area (Å²) in [5.41, 5.74) is 2.84. The summed E-state index contributed by atoms with van der Waals surface area (Å²) in [5.74, 6) is 0.464. The number of hydrogen-bond acceptors (Lipinski definition) is 5. The Kier molecular flexibility index (Phi) is 7.05. The predicted molar refractivity (Wildman–Crippen MR) is 136 cm³/mol. The number of rotatable bonds is 8.